The molecule has 104 valence electrons. The van der Waals surface area contributed by atoms with Gasteiger partial charge in [0.15, 0.2) is 5.79 Å². The molecule has 4 nitrogen and oxygen atoms in total. The average Bonchev–Trinajstić information content (AvgIpc) is 2.91. The molecule has 1 aliphatic heterocycles. The number of pyridine rings is 1. The van der Waals surface area contributed by atoms with Gasteiger partial charge in [-0.3, -0.25) is 4.98 Å². The van der Waals surface area contributed by atoms with Crippen LogP contribution >= 0.6 is 0 Å². The van der Waals surface area contributed by atoms with Gasteiger partial charge in [0.1, 0.15) is 0 Å². The third-order valence-electron chi connectivity index (χ3n) is 3.95. The molecule has 1 saturated carbocycles. The summed E-state index contributed by atoms with van der Waals surface area (Å²) in [6.45, 7) is 2.23. The quantitative estimate of drug-likeness (QED) is 0.836. The van der Waals surface area contributed by atoms with E-state index in [0.29, 0.717) is 6.10 Å². The molecular weight excluding hydrogens is 242 g/mol. The number of ether oxygens (including phenoxy) is 3. The Balaban J connectivity index is 1.38. The van der Waals surface area contributed by atoms with Crippen molar-refractivity contribution in [3.63, 3.8) is 0 Å². The van der Waals surface area contributed by atoms with E-state index >= 15 is 0 Å². The van der Waals surface area contributed by atoms with E-state index in [0.717, 1.165) is 57.6 Å². The Morgan fingerprint density at radius 3 is 2.68 bits per heavy atom. The average molecular weight is 263 g/mol. The minimum atomic E-state index is -0.277. The summed E-state index contributed by atoms with van der Waals surface area (Å²) in [5.41, 5.74) is 1.09. The van der Waals surface area contributed by atoms with Crippen LogP contribution in [-0.4, -0.2) is 36.7 Å². The molecular formula is C15H21NO3. The van der Waals surface area contributed by atoms with Gasteiger partial charge in [-0.1, -0.05) is 6.07 Å². The van der Waals surface area contributed by atoms with Crippen LogP contribution in [0.3, 0.4) is 0 Å². The van der Waals surface area contributed by atoms with Gasteiger partial charge >= 0.3 is 0 Å². The maximum atomic E-state index is 5.94. The summed E-state index contributed by atoms with van der Waals surface area (Å²) >= 11 is 0. The number of nitrogens with zero attached hydrogens (tertiary/aromatic N) is 1. The van der Waals surface area contributed by atoms with Crippen molar-refractivity contribution in [2.45, 2.75) is 44.0 Å². The summed E-state index contributed by atoms with van der Waals surface area (Å²) in [6.07, 6.45) is 7.04. The zero-order valence-electron chi connectivity index (χ0n) is 11.2. The minimum absolute atomic E-state index is 0.277. The summed E-state index contributed by atoms with van der Waals surface area (Å²) in [6, 6.07) is 5.99. The normalized spacial score (nSPS) is 22.9. The maximum Gasteiger partial charge on any atom is 0.168 e. The Morgan fingerprint density at radius 1 is 1.21 bits per heavy atom. The molecule has 1 aliphatic carbocycles. The van der Waals surface area contributed by atoms with Crippen LogP contribution in [0.5, 0.6) is 0 Å². The molecule has 0 radical (unpaired) electrons. The Kier molecular flexibility index (Phi) is 4.11. The van der Waals surface area contributed by atoms with E-state index in [9.17, 15) is 0 Å². The lowest BCUT2D eigenvalue weighted by Gasteiger charge is -2.35. The van der Waals surface area contributed by atoms with Crippen LogP contribution in [0.4, 0.5) is 0 Å². The van der Waals surface area contributed by atoms with E-state index in [1.165, 1.54) is 0 Å². The van der Waals surface area contributed by atoms with Gasteiger partial charge in [0, 0.05) is 31.2 Å². The van der Waals surface area contributed by atoms with Crippen molar-refractivity contribution in [3.05, 3.63) is 30.1 Å². The molecule has 0 N–H and O–H groups in total. The van der Waals surface area contributed by atoms with Crippen LogP contribution in [0.15, 0.2) is 24.4 Å². The van der Waals surface area contributed by atoms with Gasteiger partial charge in [-0.2, -0.15) is 0 Å². The fourth-order valence-electron chi connectivity index (χ4n) is 2.86. The van der Waals surface area contributed by atoms with E-state index in [2.05, 4.69) is 4.98 Å². The summed E-state index contributed by atoms with van der Waals surface area (Å²) < 4.78 is 17.4. The van der Waals surface area contributed by atoms with Crippen LogP contribution in [0, 0.1) is 0 Å². The molecule has 1 spiro atoms. The lowest BCUT2D eigenvalue weighted by Crippen LogP contribution is -2.37. The van der Waals surface area contributed by atoms with Gasteiger partial charge < -0.3 is 14.2 Å². The Hall–Kier alpha value is -0.970. The van der Waals surface area contributed by atoms with Crippen molar-refractivity contribution < 1.29 is 14.2 Å². The highest BCUT2D eigenvalue weighted by Crippen LogP contribution is 2.36. The molecule has 19 heavy (non-hydrogen) atoms. The van der Waals surface area contributed by atoms with Gasteiger partial charge in [0.25, 0.3) is 0 Å². The fraction of sp³-hybridized carbons (Fsp3) is 0.667. The molecule has 2 aliphatic rings. The summed E-state index contributed by atoms with van der Waals surface area (Å²) in [7, 11) is 0. The lowest BCUT2D eigenvalue weighted by atomic mass is 9.92. The highest BCUT2D eigenvalue weighted by atomic mass is 16.7. The van der Waals surface area contributed by atoms with Crippen molar-refractivity contribution in [1.29, 1.82) is 0 Å². The van der Waals surface area contributed by atoms with E-state index < -0.39 is 0 Å². The zero-order chi connectivity index (χ0) is 13.0. The predicted molar refractivity (Wildman–Crippen MR) is 70.8 cm³/mol. The molecule has 0 unspecified atom stereocenters. The molecule has 1 aromatic rings. The molecule has 4 heteroatoms. The van der Waals surface area contributed by atoms with Crippen molar-refractivity contribution >= 4 is 0 Å². The van der Waals surface area contributed by atoms with Crippen LogP contribution in [-0.2, 0) is 20.6 Å². The van der Waals surface area contributed by atoms with Crippen molar-refractivity contribution in [1.82, 2.24) is 4.98 Å². The molecule has 0 atom stereocenters. The van der Waals surface area contributed by atoms with Crippen molar-refractivity contribution in [3.8, 4) is 0 Å². The third kappa shape index (κ3) is 3.32. The van der Waals surface area contributed by atoms with Crippen LogP contribution < -0.4 is 0 Å². The standard InChI is InChI=1S/C15H21NO3/c1-2-9-16-13(3-1)6-10-17-14-4-7-15(8-5-14)18-11-12-19-15/h1-3,9,14H,4-8,10-12H2. The maximum absolute atomic E-state index is 5.94. The minimum Gasteiger partial charge on any atom is -0.378 e. The smallest absolute Gasteiger partial charge is 0.168 e. The van der Waals surface area contributed by atoms with Gasteiger partial charge in [-0.25, -0.2) is 0 Å². The fourth-order valence-corrected chi connectivity index (χ4v) is 2.86. The highest BCUT2D eigenvalue weighted by molar-refractivity contribution is 5.03. The van der Waals surface area contributed by atoms with Crippen LogP contribution in [0.1, 0.15) is 31.4 Å². The number of rotatable bonds is 4. The molecule has 0 bridgehead atoms. The topological polar surface area (TPSA) is 40.6 Å². The molecule has 1 saturated heterocycles. The first-order valence-electron chi connectivity index (χ1n) is 7.16. The summed E-state index contributed by atoms with van der Waals surface area (Å²) in [5.74, 6) is -0.277. The van der Waals surface area contributed by atoms with Crippen LogP contribution in [0.25, 0.3) is 0 Å². The molecule has 1 aromatic heterocycles. The largest absolute Gasteiger partial charge is 0.378 e. The van der Waals surface area contributed by atoms with Gasteiger partial charge in [0.05, 0.1) is 25.9 Å². The first kappa shape index (κ1) is 13.0. The first-order chi connectivity index (χ1) is 9.36. The third-order valence-corrected chi connectivity index (χ3v) is 3.95. The molecule has 2 heterocycles. The predicted octanol–water partition coefficient (Wildman–Crippen LogP) is 2.33. The van der Waals surface area contributed by atoms with Crippen molar-refractivity contribution in [2.75, 3.05) is 19.8 Å². The highest BCUT2D eigenvalue weighted by Gasteiger charge is 2.40. The second-order valence-electron chi connectivity index (χ2n) is 5.25. The van der Waals surface area contributed by atoms with E-state index in [1.54, 1.807) is 0 Å². The number of hydrogen-bond acceptors (Lipinski definition) is 4. The Bertz CT molecular complexity index is 380. The van der Waals surface area contributed by atoms with E-state index in [4.69, 9.17) is 14.2 Å². The zero-order valence-corrected chi connectivity index (χ0v) is 11.2. The molecule has 3 rings (SSSR count). The lowest BCUT2D eigenvalue weighted by molar-refractivity contribution is -0.191. The first-order valence-corrected chi connectivity index (χ1v) is 7.16. The number of hydrogen-bond donors (Lipinski definition) is 0. The second-order valence-corrected chi connectivity index (χ2v) is 5.25. The summed E-state index contributed by atoms with van der Waals surface area (Å²) in [5, 5.41) is 0. The second kappa shape index (κ2) is 5.99. The molecule has 0 aromatic carbocycles. The van der Waals surface area contributed by atoms with Gasteiger partial charge in [-0.05, 0) is 25.0 Å². The Labute approximate surface area is 114 Å². The van der Waals surface area contributed by atoms with Crippen molar-refractivity contribution in [2.24, 2.45) is 0 Å². The monoisotopic (exact) mass is 263 g/mol. The van der Waals surface area contributed by atoms with E-state index in [1.807, 2.05) is 24.4 Å². The number of aromatic nitrogens is 1. The van der Waals surface area contributed by atoms with Gasteiger partial charge in [0.2, 0.25) is 0 Å². The molecule has 0 amide bonds. The van der Waals surface area contributed by atoms with E-state index in [-0.39, 0.29) is 5.79 Å². The SMILES string of the molecule is c1ccc(CCOC2CCC3(CC2)OCCO3)nc1. The molecule has 2 fully saturated rings. The summed E-state index contributed by atoms with van der Waals surface area (Å²) in [4.78, 5) is 4.30. The van der Waals surface area contributed by atoms with Crippen LogP contribution in [0.2, 0.25) is 0 Å². The Morgan fingerprint density at radius 2 is 2.00 bits per heavy atom. The van der Waals surface area contributed by atoms with Gasteiger partial charge in [-0.15, -0.1) is 0 Å².